The summed E-state index contributed by atoms with van der Waals surface area (Å²) in [4.78, 5) is 13.4. The van der Waals surface area contributed by atoms with E-state index in [1.807, 2.05) is 30.6 Å². The van der Waals surface area contributed by atoms with E-state index in [1.165, 1.54) is 12.8 Å². The fourth-order valence-electron chi connectivity index (χ4n) is 3.19. The molecule has 0 spiro atoms. The number of aromatic nitrogens is 5. The van der Waals surface area contributed by atoms with Gasteiger partial charge >= 0.3 is 0 Å². The minimum atomic E-state index is 0.430. The summed E-state index contributed by atoms with van der Waals surface area (Å²) in [7, 11) is 0. The monoisotopic (exact) mass is 355 g/mol. The van der Waals surface area contributed by atoms with Gasteiger partial charge in [0, 0.05) is 23.5 Å². The normalized spacial score (nSPS) is 15.1. The van der Waals surface area contributed by atoms with Crippen LogP contribution in [0, 0.1) is 6.92 Å². The van der Waals surface area contributed by atoms with E-state index < -0.39 is 0 Å². The molecular weight excluding hydrogens is 334 g/mol. The highest BCUT2D eigenvalue weighted by atomic mass is 32.1. The Morgan fingerprint density at radius 1 is 1.24 bits per heavy atom. The van der Waals surface area contributed by atoms with Crippen LogP contribution in [-0.2, 0) is 18.0 Å². The summed E-state index contributed by atoms with van der Waals surface area (Å²) < 4.78 is 7.95. The molecule has 1 aliphatic carbocycles. The summed E-state index contributed by atoms with van der Waals surface area (Å²) in [5.41, 5.74) is 2.07. The van der Waals surface area contributed by atoms with Gasteiger partial charge in [0.05, 0.1) is 12.6 Å². The Kier molecular flexibility index (Phi) is 4.85. The molecule has 1 saturated carbocycles. The number of hydrogen-bond acceptors (Lipinski definition) is 6. The molecule has 0 amide bonds. The zero-order valence-electron chi connectivity index (χ0n) is 14.3. The van der Waals surface area contributed by atoms with Crippen LogP contribution in [0.2, 0.25) is 0 Å². The second kappa shape index (κ2) is 7.41. The van der Waals surface area contributed by atoms with Crippen LogP contribution in [0.4, 0.5) is 0 Å². The molecule has 0 unspecified atom stereocenters. The molecule has 0 bridgehead atoms. The summed E-state index contributed by atoms with van der Waals surface area (Å²) in [6.07, 6.45) is 8.43. The second-order valence-electron chi connectivity index (χ2n) is 6.38. The van der Waals surface area contributed by atoms with Crippen LogP contribution >= 0.6 is 11.3 Å². The van der Waals surface area contributed by atoms with Crippen LogP contribution in [-0.4, -0.2) is 24.7 Å². The van der Waals surface area contributed by atoms with Crippen molar-refractivity contribution in [2.75, 3.05) is 0 Å². The fraction of sp³-hybridized carbons (Fsp3) is 0.444. The van der Waals surface area contributed by atoms with E-state index in [0.29, 0.717) is 25.1 Å². The molecule has 7 heteroatoms. The summed E-state index contributed by atoms with van der Waals surface area (Å²) in [5.74, 6) is 1.60. The van der Waals surface area contributed by atoms with Gasteiger partial charge in [0.15, 0.2) is 10.8 Å². The van der Waals surface area contributed by atoms with Gasteiger partial charge in [-0.3, -0.25) is 4.98 Å². The minimum absolute atomic E-state index is 0.430. The molecule has 4 rings (SSSR count). The van der Waals surface area contributed by atoms with Crippen molar-refractivity contribution in [2.24, 2.45) is 0 Å². The molecule has 3 aromatic heterocycles. The Morgan fingerprint density at radius 2 is 2.12 bits per heavy atom. The van der Waals surface area contributed by atoms with Gasteiger partial charge in [-0.2, -0.15) is 0 Å². The molecule has 1 aliphatic rings. The van der Waals surface area contributed by atoms with Crippen molar-refractivity contribution in [2.45, 2.75) is 51.9 Å². The predicted octanol–water partition coefficient (Wildman–Crippen LogP) is 3.94. The third-order valence-corrected chi connectivity index (χ3v) is 5.36. The number of hydrogen-bond donors (Lipinski definition) is 0. The number of rotatable bonds is 6. The Hall–Kier alpha value is -2.12. The summed E-state index contributed by atoms with van der Waals surface area (Å²) in [5, 5.41) is 7.67. The highest BCUT2D eigenvalue weighted by molar-refractivity contribution is 7.13. The van der Waals surface area contributed by atoms with Gasteiger partial charge in [0.2, 0.25) is 5.82 Å². The van der Waals surface area contributed by atoms with Crippen LogP contribution in [0.1, 0.15) is 48.8 Å². The van der Waals surface area contributed by atoms with Gasteiger partial charge in [-0.15, -0.1) is 16.4 Å². The molecule has 0 radical (unpaired) electrons. The molecule has 0 aromatic carbocycles. The lowest BCUT2D eigenvalue weighted by molar-refractivity contribution is 0.0969. The molecule has 1 fully saturated rings. The number of ether oxygens (including phenoxy) is 1. The van der Waals surface area contributed by atoms with E-state index in [1.54, 1.807) is 17.5 Å². The fourth-order valence-corrected chi connectivity index (χ4v) is 3.91. The van der Waals surface area contributed by atoms with Crippen molar-refractivity contribution in [3.63, 3.8) is 0 Å². The largest absolute Gasteiger partial charge is 0.369 e. The lowest BCUT2D eigenvalue weighted by atomic mass is 10.2. The van der Waals surface area contributed by atoms with Crippen LogP contribution in [0.5, 0.6) is 0 Å². The van der Waals surface area contributed by atoms with E-state index in [4.69, 9.17) is 14.8 Å². The first-order valence-corrected chi connectivity index (χ1v) is 9.52. The zero-order valence-corrected chi connectivity index (χ0v) is 15.1. The lowest BCUT2D eigenvalue weighted by Crippen LogP contribution is -2.12. The molecule has 0 N–H and O–H groups in total. The van der Waals surface area contributed by atoms with Crippen molar-refractivity contribution >= 4 is 11.3 Å². The van der Waals surface area contributed by atoms with Crippen molar-refractivity contribution in [1.29, 1.82) is 0 Å². The van der Waals surface area contributed by atoms with Gasteiger partial charge in [-0.05, 0) is 31.4 Å². The van der Waals surface area contributed by atoms with Crippen molar-refractivity contribution < 1.29 is 4.74 Å². The van der Waals surface area contributed by atoms with Crippen LogP contribution < -0.4 is 0 Å². The Balaban J connectivity index is 1.53. The number of thiazole rings is 1. The van der Waals surface area contributed by atoms with Crippen LogP contribution in [0.25, 0.3) is 10.8 Å². The lowest BCUT2D eigenvalue weighted by Gasteiger charge is -2.12. The Morgan fingerprint density at radius 3 is 2.84 bits per heavy atom. The van der Waals surface area contributed by atoms with Gasteiger partial charge in [0.25, 0.3) is 0 Å². The third-order valence-electron chi connectivity index (χ3n) is 4.41. The van der Waals surface area contributed by atoms with E-state index in [2.05, 4.69) is 14.6 Å². The van der Waals surface area contributed by atoms with E-state index in [-0.39, 0.29) is 0 Å². The minimum Gasteiger partial charge on any atom is -0.369 e. The maximum absolute atomic E-state index is 5.88. The highest BCUT2D eigenvalue weighted by Crippen LogP contribution is 2.31. The second-order valence-corrected chi connectivity index (χ2v) is 7.24. The van der Waals surface area contributed by atoms with Crippen molar-refractivity contribution in [3.8, 4) is 10.8 Å². The Labute approximate surface area is 150 Å². The smallest absolute Gasteiger partial charge is 0.210 e. The average molecular weight is 355 g/mol. The maximum atomic E-state index is 5.88. The first-order valence-electron chi connectivity index (χ1n) is 8.64. The average Bonchev–Trinajstić information content (AvgIpc) is 3.35. The number of nitrogens with zero attached hydrogens (tertiary/aromatic N) is 5. The van der Waals surface area contributed by atoms with Crippen LogP contribution in [0.15, 0.2) is 29.9 Å². The van der Waals surface area contributed by atoms with Crippen LogP contribution in [0.3, 0.4) is 0 Å². The number of aryl methyl sites for hydroxylation is 1. The Bertz CT molecular complexity index is 823. The predicted molar refractivity (Wildman–Crippen MR) is 96.1 cm³/mol. The molecule has 0 aliphatic heterocycles. The van der Waals surface area contributed by atoms with E-state index in [0.717, 1.165) is 34.9 Å². The van der Waals surface area contributed by atoms with Gasteiger partial charge in [0.1, 0.15) is 6.61 Å². The van der Waals surface area contributed by atoms with Gasteiger partial charge < -0.3 is 4.74 Å². The molecule has 3 heterocycles. The first kappa shape index (κ1) is 16.4. The maximum Gasteiger partial charge on any atom is 0.210 e. The third kappa shape index (κ3) is 3.77. The summed E-state index contributed by atoms with van der Waals surface area (Å²) >= 11 is 1.59. The molecule has 6 nitrogen and oxygen atoms in total. The molecule has 0 saturated heterocycles. The number of pyridine rings is 1. The van der Waals surface area contributed by atoms with E-state index >= 15 is 0 Å². The van der Waals surface area contributed by atoms with Gasteiger partial charge in [-0.25, -0.2) is 14.6 Å². The summed E-state index contributed by atoms with van der Waals surface area (Å²) in [6, 6.07) is 4.36. The molecule has 0 atom stereocenters. The van der Waals surface area contributed by atoms with E-state index in [9.17, 15) is 0 Å². The molecular formula is C18H21N5OS. The summed E-state index contributed by atoms with van der Waals surface area (Å²) in [6.45, 7) is 2.96. The molecule has 130 valence electrons. The SMILES string of the molecule is Cc1csc(-c2nc(COCc3cccnc3)n(C3CCCC3)n2)n1. The first-order chi connectivity index (χ1) is 12.3. The highest BCUT2D eigenvalue weighted by Gasteiger charge is 2.23. The van der Waals surface area contributed by atoms with Gasteiger partial charge in [-0.1, -0.05) is 18.9 Å². The quantitative estimate of drug-likeness (QED) is 0.670. The molecule has 25 heavy (non-hydrogen) atoms. The standard InChI is InChI=1S/C18H21N5OS/c1-13-12-25-18(20-13)17-21-16(23(22-17)15-6-2-3-7-15)11-24-10-14-5-4-8-19-9-14/h4-5,8-9,12,15H,2-3,6-7,10-11H2,1H3. The van der Waals surface area contributed by atoms with Crippen molar-refractivity contribution in [1.82, 2.24) is 24.7 Å². The van der Waals surface area contributed by atoms with Crippen molar-refractivity contribution in [3.05, 3.63) is 47.0 Å². The topological polar surface area (TPSA) is 65.7 Å². The molecule has 3 aromatic rings. The zero-order chi connectivity index (χ0) is 17.1.